The first-order valence-electron chi connectivity index (χ1n) is 11.2. The van der Waals surface area contributed by atoms with Gasteiger partial charge in [0, 0.05) is 29.9 Å². The van der Waals surface area contributed by atoms with Gasteiger partial charge in [-0.05, 0) is 37.1 Å². The Bertz CT molecular complexity index is 1470. The Morgan fingerprint density at radius 2 is 0.970 bits per heavy atom. The van der Waals surface area contributed by atoms with Crippen LogP contribution in [-0.4, -0.2) is 18.8 Å². The van der Waals surface area contributed by atoms with E-state index < -0.39 is 0 Å². The van der Waals surface area contributed by atoms with Crippen LogP contribution in [0.3, 0.4) is 0 Å². The molecule has 0 fully saturated rings. The molecule has 0 spiro atoms. The first-order valence-corrected chi connectivity index (χ1v) is 11.2. The molecule has 6 rings (SSSR count). The van der Waals surface area contributed by atoms with E-state index in [2.05, 4.69) is 108 Å². The molecule has 4 heteroatoms. The van der Waals surface area contributed by atoms with E-state index in [1.165, 1.54) is 22.5 Å². The van der Waals surface area contributed by atoms with Crippen LogP contribution in [0.1, 0.15) is 22.5 Å². The monoisotopic (exact) mass is 428 g/mol. The van der Waals surface area contributed by atoms with Crippen molar-refractivity contribution in [2.75, 3.05) is 0 Å². The number of aromatic nitrogens is 4. The van der Waals surface area contributed by atoms with Crippen LogP contribution in [0.2, 0.25) is 0 Å². The van der Waals surface area contributed by atoms with Gasteiger partial charge in [0.05, 0.1) is 22.8 Å². The first-order chi connectivity index (χ1) is 16.2. The van der Waals surface area contributed by atoms with Gasteiger partial charge in [0.2, 0.25) is 0 Å². The van der Waals surface area contributed by atoms with Crippen molar-refractivity contribution in [1.29, 1.82) is 0 Å². The molecule has 4 heterocycles. The highest BCUT2D eigenvalue weighted by atomic mass is 15.0. The van der Waals surface area contributed by atoms with E-state index in [1.807, 2.05) is 12.1 Å². The molecule has 0 atom stereocenters. The first kappa shape index (κ1) is 19.5. The Kier molecular flexibility index (Phi) is 4.58. The third-order valence-corrected chi connectivity index (χ3v) is 6.32. The molecule has 2 aromatic carbocycles. The Balaban J connectivity index is 1.63. The maximum Gasteiger partial charge on any atom is 0.140 e. The van der Waals surface area contributed by atoms with Crippen LogP contribution < -0.4 is 0 Å². The predicted octanol–water partition coefficient (Wildman–Crippen LogP) is 6.52. The van der Waals surface area contributed by atoms with Gasteiger partial charge in [0.1, 0.15) is 11.3 Å². The normalized spacial score (nSPS) is 11.5. The van der Waals surface area contributed by atoms with Gasteiger partial charge in [-0.1, -0.05) is 72.8 Å². The van der Waals surface area contributed by atoms with E-state index in [0.29, 0.717) is 6.42 Å². The molecule has 0 aliphatic rings. The molecule has 0 aliphatic carbocycles. The summed E-state index contributed by atoms with van der Waals surface area (Å²) in [5, 5.41) is 0. The summed E-state index contributed by atoms with van der Waals surface area (Å²) in [4.78, 5) is 10.2. The van der Waals surface area contributed by atoms with Crippen LogP contribution in [0, 0.1) is 13.8 Å². The summed E-state index contributed by atoms with van der Waals surface area (Å²) in [7, 11) is 0. The highest BCUT2D eigenvalue weighted by Crippen LogP contribution is 2.32. The van der Waals surface area contributed by atoms with Crippen LogP contribution >= 0.6 is 0 Å². The van der Waals surface area contributed by atoms with Gasteiger partial charge in [0.15, 0.2) is 0 Å². The van der Waals surface area contributed by atoms with Gasteiger partial charge in [-0.2, -0.15) is 0 Å². The average Bonchev–Trinajstić information content (AvgIpc) is 3.41. The van der Waals surface area contributed by atoms with E-state index in [4.69, 9.17) is 9.97 Å². The molecular formula is C29H24N4. The smallest absolute Gasteiger partial charge is 0.140 e. The van der Waals surface area contributed by atoms with Crippen molar-refractivity contribution in [3.63, 3.8) is 0 Å². The molecule has 0 aliphatic heterocycles. The number of hydrogen-bond acceptors (Lipinski definition) is 2. The number of rotatable bonds is 4. The van der Waals surface area contributed by atoms with Crippen molar-refractivity contribution in [2.24, 2.45) is 0 Å². The van der Waals surface area contributed by atoms with E-state index in [1.54, 1.807) is 0 Å². The minimum Gasteiger partial charge on any atom is -0.303 e. The Hall–Kier alpha value is -4.18. The fourth-order valence-electron chi connectivity index (χ4n) is 4.66. The fourth-order valence-corrected chi connectivity index (χ4v) is 4.66. The quantitative estimate of drug-likeness (QED) is 0.320. The van der Waals surface area contributed by atoms with Gasteiger partial charge < -0.3 is 8.80 Å². The Labute approximate surface area is 192 Å². The standard InChI is InChI=1S/C29H24N4/c1-20-11-9-17-32-24(26(30-28(20)32)22-13-5-3-6-14-22)19-25-27(23-15-7-4-8-16-23)31-29-21(2)12-10-18-33(25)29/h3-18H,19H2,1-2H3. The molecule has 33 heavy (non-hydrogen) atoms. The van der Waals surface area contributed by atoms with Gasteiger partial charge in [-0.15, -0.1) is 0 Å². The minimum atomic E-state index is 0.712. The third kappa shape index (κ3) is 3.23. The summed E-state index contributed by atoms with van der Waals surface area (Å²) in [6.45, 7) is 4.24. The van der Waals surface area contributed by atoms with Crippen molar-refractivity contribution in [3.8, 4) is 22.5 Å². The lowest BCUT2D eigenvalue weighted by molar-refractivity contribution is 0.960. The number of nitrogens with zero attached hydrogens (tertiary/aromatic N) is 4. The van der Waals surface area contributed by atoms with Crippen molar-refractivity contribution in [3.05, 3.63) is 120 Å². The summed E-state index contributed by atoms with van der Waals surface area (Å²) < 4.78 is 4.48. The van der Waals surface area contributed by atoms with Crippen LogP contribution in [0.25, 0.3) is 33.8 Å². The molecule has 0 saturated carbocycles. The predicted molar refractivity (Wildman–Crippen MR) is 134 cm³/mol. The number of imidazole rings is 2. The number of fused-ring (bicyclic) bond motifs is 2. The molecule has 0 radical (unpaired) electrons. The molecule has 4 nitrogen and oxygen atoms in total. The second-order valence-electron chi connectivity index (χ2n) is 8.49. The topological polar surface area (TPSA) is 34.6 Å². The average molecular weight is 429 g/mol. The molecule has 0 amide bonds. The van der Waals surface area contributed by atoms with Gasteiger partial charge >= 0.3 is 0 Å². The van der Waals surface area contributed by atoms with Crippen molar-refractivity contribution < 1.29 is 0 Å². The molecule has 0 saturated heterocycles. The van der Waals surface area contributed by atoms with E-state index in [-0.39, 0.29) is 0 Å². The van der Waals surface area contributed by atoms with E-state index in [0.717, 1.165) is 33.8 Å². The maximum absolute atomic E-state index is 5.10. The highest BCUT2D eigenvalue weighted by molar-refractivity contribution is 5.72. The van der Waals surface area contributed by atoms with Crippen molar-refractivity contribution >= 4 is 11.3 Å². The van der Waals surface area contributed by atoms with Crippen molar-refractivity contribution in [2.45, 2.75) is 20.3 Å². The maximum atomic E-state index is 5.10. The van der Waals surface area contributed by atoms with Crippen LogP contribution in [0.15, 0.2) is 97.3 Å². The SMILES string of the molecule is Cc1cccn2c(Cc3c(-c4ccccc4)nc4c(C)cccn34)c(-c3ccccc3)nc12. The lowest BCUT2D eigenvalue weighted by atomic mass is 10.0. The molecule has 0 bridgehead atoms. The molecular weight excluding hydrogens is 404 g/mol. The zero-order chi connectivity index (χ0) is 22.4. The number of hydrogen-bond donors (Lipinski definition) is 0. The molecule has 6 aromatic rings. The lowest BCUT2D eigenvalue weighted by Crippen LogP contribution is -2.02. The lowest BCUT2D eigenvalue weighted by Gasteiger charge is -2.09. The summed E-state index contributed by atoms with van der Waals surface area (Å²) in [6.07, 6.45) is 4.95. The summed E-state index contributed by atoms with van der Waals surface area (Å²) in [5.74, 6) is 0. The van der Waals surface area contributed by atoms with E-state index >= 15 is 0 Å². The zero-order valence-electron chi connectivity index (χ0n) is 18.7. The fraction of sp³-hybridized carbons (Fsp3) is 0.103. The van der Waals surface area contributed by atoms with Gasteiger partial charge in [-0.25, -0.2) is 9.97 Å². The Morgan fingerprint density at radius 1 is 0.545 bits per heavy atom. The van der Waals surface area contributed by atoms with Crippen LogP contribution in [0.4, 0.5) is 0 Å². The largest absolute Gasteiger partial charge is 0.303 e. The molecule has 0 unspecified atom stereocenters. The Morgan fingerprint density at radius 3 is 1.39 bits per heavy atom. The van der Waals surface area contributed by atoms with E-state index in [9.17, 15) is 0 Å². The molecule has 160 valence electrons. The van der Waals surface area contributed by atoms with Crippen LogP contribution in [0.5, 0.6) is 0 Å². The molecule has 4 aromatic heterocycles. The summed E-state index contributed by atoms with van der Waals surface area (Å²) in [6, 6.07) is 29.4. The number of pyridine rings is 2. The highest BCUT2D eigenvalue weighted by Gasteiger charge is 2.21. The van der Waals surface area contributed by atoms with Gasteiger partial charge in [-0.3, -0.25) is 0 Å². The van der Waals surface area contributed by atoms with Crippen LogP contribution in [-0.2, 0) is 6.42 Å². The van der Waals surface area contributed by atoms with Gasteiger partial charge in [0.25, 0.3) is 0 Å². The summed E-state index contributed by atoms with van der Waals surface area (Å²) in [5.41, 5.74) is 11.0. The number of benzene rings is 2. The second kappa shape index (κ2) is 7.75. The summed E-state index contributed by atoms with van der Waals surface area (Å²) >= 11 is 0. The zero-order valence-corrected chi connectivity index (χ0v) is 18.7. The number of aryl methyl sites for hydroxylation is 2. The second-order valence-corrected chi connectivity index (χ2v) is 8.49. The minimum absolute atomic E-state index is 0.712. The van der Waals surface area contributed by atoms with Crippen molar-refractivity contribution in [1.82, 2.24) is 18.8 Å². The molecule has 0 N–H and O–H groups in total. The third-order valence-electron chi connectivity index (χ3n) is 6.32.